The quantitative estimate of drug-likeness (QED) is 0.719. The van der Waals surface area contributed by atoms with Gasteiger partial charge >= 0.3 is 0 Å². The van der Waals surface area contributed by atoms with Crippen LogP contribution in [0.1, 0.15) is 10.4 Å². The SMILES string of the molecule is C[NH+]1CCN(NC(=O)c2cc(-c3cccnc3)nc3ccc(Cl)cc23)CC1. The van der Waals surface area contributed by atoms with Crippen molar-refractivity contribution in [3.8, 4) is 11.3 Å². The number of likely N-dealkylation sites (N-methyl/N-ethyl adjacent to an activating group) is 1. The van der Waals surface area contributed by atoms with Crippen molar-refractivity contribution < 1.29 is 9.69 Å². The summed E-state index contributed by atoms with van der Waals surface area (Å²) in [4.78, 5) is 23.4. The lowest BCUT2D eigenvalue weighted by Gasteiger charge is -2.30. The minimum Gasteiger partial charge on any atom is -0.335 e. The number of pyridine rings is 2. The monoisotopic (exact) mass is 382 g/mol. The summed E-state index contributed by atoms with van der Waals surface area (Å²) in [5, 5.41) is 3.30. The second-order valence-electron chi connectivity index (χ2n) is 6.84. The van der Waals surface area contributed by atoms with Gasteiger partial charge in [-0.25, -0.2) is 9.99 Å². The van der Waals surface area contributed by atoms with E-state index in [1.165, 1.54) is 4.90 Å². The smallest absolute Gasteiger partial charge is 0.266 e. The largest absolute Gasteiger partial charge is 0.335 e. The molecule has 6 nitrogen and oxygen atoms in total. The molecule has 0 unspecified atom stereocenters. The first-order chi connectivity index (χ1) is 13.1. The van der Waals surface area contributed by atoms with E-state index in [0.29, 0.717) is 16.3 Å². The highest BCUT2D eigenvalue weighted by Gasteiger charge is 2.21. The molecule has 138 valence electrons. The van der Waals surface area contributed by atoms with E-state index < -0.39 is 0 Å². The number of carbonyl (C=O) groups is 1. The standard InChI is InChI=1S/C20H20ClN5O/c1-25-7-9-26(10-8-25)24-20(27)17-12-19(14-3-2-6-22-13-14)23-18-5-4-15(21)11-16(17)18/h2-6,11-13H,7-10H2,1H3,(H,24,27)/p+1. The fourth-order valence-electron chi connectivity index (χ4n) is 3.25. The zero-order valence-corrected chi connectivity index (χ0v) is 15.8. The lowest BCUT2D eigenvalue weighted by molar-refractivity contribution is -0.884. The number of hydrogen-bond acceptors (Lipinski definition) is 4. The highest BCUT2D eigenvalue weighted by molar-refractivity contribution is 6.31. The summed E-state index contributed by atoms with van der Waals surface area (Å²) in [5.41, 5.74) is 5.91. The van der Waals surface area contributed by atoms with Crippen molar-refractivity contribution in [1.82, 2.24) is 20.4 Å². The van der Waals surface area contributed by atoms with Crippen LogP contribution in [0.2, 0.25) is 5.02 Å². The number of nitrogens with one attached hydrogen (secondary N) is 2. The van der Waals surface area contributed by atoms with Crippen LogP contribution >= 0.6 is 11.6 Å². The number of halogens is 1. The van der Waals surface area contributed by atoms with Gasteiger partial charge in [-0.05, 0) is 36.4 Å². The van der Waals surface area contributed by atoms with Crippen LogP contribution in [0.25, 0.3) is 22.2 Å². The van der Waals surface area contributed by atoms with Crippen LogP contribution in [-0.2, 0) is 0 Å². The molecule has 4 rings (SSSR count). The molecule has 27 heavy (non-hydrogen) atoms. The first-order valence-electron chi connectivity index (χ1n) is 8.98. The van der Waals surface area contributed by atoms with E-state index >= 15 is 0 Å². The highest BCUT2D eigenvalue weighted by Crippen LogP contribution is 2.26. The number of piperazine rings is 1. The summed E-state index contributed by atoms with van der Waals surface area (Å²) >= 11 is 6.18. The number of carbonyl (C=O) groups excluding carboxylic acids is 1. The Balaban J connectivity index is 1.73. The van der Waals surface area contributed by atoms with Gasteiger partial charge in [-0.1, -0.05) is 11.6 Å². The van der Waals surface area contributed by atoms with Crippen molar-refractivity contribution in [2.45, 2.75) is 0 Å². The zero-order chi connectivity index (χ0) is 18.8. The number of fused-ring (bicyclic) bond motifs is 1. The van der Waals surface area contributed by atoms with Gasteiger partial charge in [-0.3, -0.25) is 15.2 Å². The second-order valence-corrected chi connectivity index (χ2v) is 7.28. The van der Waals surface area contributed by atoms with E-state index in [2.05, 4.69) is 17.5 Å². The Kier molecular flexibility index (Phi) is 5.03. The van der Waals surface area contributed by atoms with Gasteiger partial charge in [0.1, 0.15) is 0 Å². The van der Waals surface area contributed by atoms with Gasteiger partial charge < -0.3 is 4.90 Å². The van der Waals surface area contributed by atoms with Crippen LogP contribution in [0, 0.1) is 0 Å². The molecule has 1 amide bonds. The summed E-state index contributed by atoms with van der Waals surface area (Å²) in [6, 6.07) is 11.0. The van der Waals surface area contributed by atoms with Gasteiger partial charge in [0, 0.05) is 28.4 Å². The molecule has 0 aliphatic carbocycles. The minimum atomic E-state index is -0.144. The van der Waals surface area contributed by atoms with E-state index in [4.69, 9.17) is 16.6 Å². The Labute approximate surface area is 162 Å². The van der Waals surface area contributed by atoms with Crippen LogP contribution in [0.15, 0.2) is 48.8 Å². The maximum atomic E-state index is 13.1. The molecule has 3 aromatic rings. The number of rotatable bonds is 3. The van der Waals surface area contributed by atoms with Gasteiger partial charge in [-0.15, -0.1) is 0 Å². The molecule has 2 N–H and O–H groups in total. The fraction of sp³-hybridized carbons (Fsp3) is 0.250. The number of hydrogen-bond donors (Lipinski definition) is 2. The molecule has 1 aliphatic rings. The average molecular weight is 383 g/mol. The van der Waals surface area contributed by atoms with Crippen molar-refractivity contribution in [3.63, 3.8) is 0 Å². The molecule has 0 atom stereocenters. The number of benzene rings is 1. The van der Waals surface area contributed by atoms with Gasteiger partial charge in [0.25, 0.3) is 5.91 Å². The lowest BCUT2D eigenvalue weighted by Crippen LogP contribution is -3.12. The normalized spacial score (nSPS) is 15.8. The maximum absolute atomic E-state index is 13.1. The van der Waals surface area contributed by atoms with Crippen LogP contribution in [0.4, 0.5) is 0 Å². The van der Waals surface area contributed by atoms with E-state index in [1.807, 2.05) is 29.3 Å². The first kappa shape index (κ1) is 17.9. The average Bonchev–Trinajstić information content (AvgIpc) is 2.69. The van der Waals surface area contributed by atoms with Crippen molar-refractivity contribution in [1.29, 1.82) is 0 Å². The first-order valence-corrected chi connectivity index (χ1v) is 9.36. The summed E-state index contributed by atoms with van der Waals surface area (Å²) in [6.45, 7) is 3.67. The van der Waals surface area contributed by atoms with Crippen molar-refractivity contribution in [2.75, 3.05) is 33.2 Å². The number of quaternary nitrogens is 1. The predicted octanol–water partition coefficient (Wildman–Crippen LogP) is 1.43. The number of aromatic nitrogens is 2. The van der Waals surface area contributed by atoms with Gasteiger partial charge in [0.05, 0.1) is 50.0 Å². The minimum absolute atomic E-state index is 0.144. The molecule has 0 saturated carbocycles. The molecule has 2 aromatic heterocycles. The van der Waals surface area contributed by atoms with Gasteiger partial charge in [0.2, 0.25) is 0 Å². The summed E-state index contributed by atoms with van der Waals surface area (Å²) < 4.78 is 0. The van der Waals surface area contributed by atoms with E-state index in [0.717, 1.165) is 42.6 Å². The topological polar surface area (TPSA) is 62.6 Å². The van der Waals surface area contributed by atoms with Crippen molar-refractivity contribution >= 4 is 28.4 Å². The third kappa shape index (κ3) is 3.93. The van der Waals surface area contributed by atoms with Crippen molar-refractivity contribution in [2.24, 2.45) is 0 Å². The molecular formula is C20H21ClN5O+. The predicted molar refractivity (Wildman–Crippen MR) is 106 cm³/mol. The summed E-state index contributed by atoms with van der Waals surface area (Å²) in [5.74, 6) is -0.144. The molecule has 1 aliphatic heterocycles. The number of amides is 1. The Morgan fingerprint density at radius 1 is 1.22 bits per heavy atom. The molecule has 3 heterocycles. The second kappa shape index (κ2) is 7.60. The zero-order valence-electron chi connectivity index (χ0n) is 15.1. The van der Waals surface area contributed by atoms with Crippen LogP contribution in [-0.4, -0.2) is 54.1 Å². The Morgan fingerprint density at radius 2 is 2.04 bits per heavy atom. The third-order valence-corrected chi connectivity index (χ3v) is 5.08. The van der Waals surface area contributed by atoms with Crippen LogP contribution in [0.5, 0.6) is 0 Å². The molecule has 1 aromatic carbocycles. The molecule has 1 saturated heterocycles. The lowest BCUT2D eigenvalue weighted by atomic mass is 10.0. The molecule has 1 fully saturated rings. The number of hydrazine groups is 1. The van der Waals surface area contributed by atoms with Gasteiger partial charge in [-0.2, -0.15) is 0 Å². The molecule has 0 spiro atoms. The van der Waals surface area contributed by atoms with Crippen LogP contribution in [0.3, 0.4) is 0 Å². The Hall–Kier alpha value is -2.54. The molecule has 7 heteroatoms. The summed E-state index contributed by atoms with van der Waals surface area (Å²) in [7, 11) is 2.16. The highest BCUT2D eigenvalue weighted by atomic mass is 35.5. The number of nitrogens with zero attached hydrogens (tertiary/aromatic N) is 3. The third-order valence-electron chi connectivity index (χ3n) is 4.85. The van der Waals surface area contributed by atoms with Crippen molar-refractivity contribution in [3.05, 3.63) is 59.4 Å². The maximum Gasteiger partial charge on any atom is 0.266 e. The fourth-order valence-corrected chi connectivity index (χ4v) is 3.42. The van der Waals surface area contributed by atoms with Gasteiger partial charge in [0.15, 0.2) is 0 Å². The summed E-state index contributed by atoms with van der Waals surface area (Å²) in [6.07, 6.45) is 3.46. The molecule has 0 radical (unpaired) electrons. The van der Waals surface area contributed by atoms with E-state index in [9.17, 15) is 4.79 Å². The molecular weight excluding hydrogens is 362 g/mol. The van der Waals surface area contributed by atoms with Crippen LogP contribution < -0.4 is 10.3 Å². The van der Waals surface area contributed by atoms with E-state index in [1.54, 1.807) is 24.5 Å². The van der Waals surface area contributed by atoms with E-state index in [-0.39, 0.29) is 5.91 Å². The Morgan fingerprint density at radius 3 is 2.78 bits per heavy atom. The Bertz CT molecular complexity index is 971. The molecule has 0 bridgehead atoms.